The molecule has 1 amide bonds. The summed E-state index contributed by atoms with van der Waals surface area (Å²) in [6.07, 6.45) is 2.29. The summed E-state index contributed by atoms with van der Waals surface area (Å²) in [5, 5.41) is 3.08. The summed E-state index contributed by atoms with van der Waals surface area (Å²) in [7, 11) is 0. The van der Waals surface area contributed by atoms with Gasteiger partial charge in [-0.25, -0.2) is 9.38 Å². The molecule has 1 aromatic heterocycles. The maximum absolute atomic E-state index is 14.1. The minimum atomic E-state index is -1.12. The summed E-state index contributed by atoms with van der Waals surface area (Å²) in [5.74, 6) is -0.136. The van der Waals surface area contributed by atoms with Crippen molar-refractivity contribution in [3.05, 3.63) is 74.9 Å². The Morgan fingerprint density at radius 2 is 1.91 bits per heavy atom. The Labute approximate surface area is 200 Å². The smallest absolute Gasteiger partial charge is 0.251 e. The number of rotatable bonds is 3. The second kappa shape index (κ2) is 8.65. The number of nitrogens with one attached hydrogen (secondary N) is 1. The highest BCUT2D eigenvalue weighted by Crippen LogP contribution is 2.42. The summed E-state index contributed by atoms with van der Waals surface area (Å²) < 4.78 is 14.8. The fourth-order valence-corrected chi connectivity index (χ4v) is 6.20. The van der Waals surface area contributed by atoms with Gasteiger partial charge in [-0.15, -0.1) is 11.3 Å². The molecule has 1 N–H and O–H groups in total. The zero-order valence-corrected chi connectivity index (χ0v) is 19.9. The Morgan fingerprint density at radius 1 is 1.12 bits per heavy atom. The van der Waals surface area contributed by atoms with E-state index < -0.39 is 5.67 Å². The molecule has 3 aromatic rings. The fourth-order valence-electron chi connectivity index (χ4n) is 4.14. The van der Waals surface area contributed by atoms with Crippen LogP contribution in [0, 0.1) is 0 Å². The SMILES string of the molecule is CC1(F)CCC(NC(=O)c2ccc3c(c2)N=C(c2ccc(Cl)s2)c2ccccc2S3)CC1. The lowest BCUT2D eigenvalue weighted by atomic mass is 9.85. The minimum Gasteiger partial charge on any atom is -0.349 e. The molecule has 0 spiro atoms. The molecule has 1 aliphatic heterocycles. The van der Waals surface area contributed by atoms with Crippen LogP contribution in [-0.2, 0) is 0 Å². The molecule has 0 saturated heterocycles. The zero-order valence-electron chi connectivity index (χ0n) is 17.5. The summed E-state index contributed by atoms with van der Waals surface area (Å²) in [6, 6.07) is 17.7. The van der Waals surface area contributed by atoms with E-state index in [2.05, 4.69) is 17.4 Å². The molecular formula is C25H22ClFN2OS2. The van der Waals surface area contributed by atoms with E-state index in [1.807, 2.05) is 42.5 Å². The van der Waals surface area contributed by atoms with E-state index in [0.717, 1.165) is 31.6 Å². The third-order valence-corrected chi connectivity index (χ3v) is 8.36. The number of nitrogens with zero attached hydrogens (tertiary/aromatic N) is 1. The number of amides is 1. The van der Waals surface area contributed by atoms with Gasteiger partial charge in [-0.05, 0) is 69.0 Å². The van der Waals surface area contributed by atoms with Gasteiger partial charge in [0.1, 0.15) is 5.67 Å². The number of carbonyl (C=O) groups excluding carboxylic acids is 1. The number of fused-ring (bicyclic) bond motifs is 2. The van der Waals surface area contributed by atoms with Crippen LogP contribution in [0.4, 0.5) is 10.1 Å². The number of alkyl halides is 1. The van der Waals surface area contributed by atoms with Gasteiger partial charge in [-0.1, -0.05) is 41.6 Å². The van der Waals surface area contributed by atoms with Crippen molar-refractivity contribution in [2.24, 2.45) is 4.99 Å². The number of benzene rings is 2. The highest BCUT2D eigenvalue weighted by Gasteiger charge is 2.31. The van der Waals surface area contributed by atoms with Gasteiger partial charge >= 0.3 is 0 Å². The van der Waals surface area contributed by atoms with Crippen molar-refractivity contribution in [2.75, 3.05) is 0 Å². The lowest BCUT2D eigenvalue weighted by Gasteiger charge is -2.31. The number of carbonyl (C=O) groups is 1. The van der Waals surface area contributed by atoms with Gasteiger partial charge in [0.15, 0.2) is 0 Å². The molecule has 5 rings (SSSR count). The number of aliphatic imine (C=N–C) groups is 1. The molecule has 3 nitrogen and oxygen atoms in total. The second-order valence-electron chi connectivity index (χ2n) is 8.51. The Balaban J connectivity index is 1.47. The van der Waals surface area contributed by atoms with Gasteiger partial charge in [0, 0.05) is 27.0 Å². The first-order valence-electron chi connectivity index (χ1n) is 10.6. The van der Waals surface area contributed by atoms with Crippen molar-refractivity contribution in [3.8, 4) is 0 Å². The number of thiophene rings is 1. The van der Waals surface area contributed by atoms with Crippen LogP contribution in [0.1, 0.15) is 53.4 Å². The van der Waals surface area contributed by atoms with E-state index in [4.69, 9.17) is 16.6 Å². The highest BCUT2D eigenvalue weighted by atomic mass is 35.5. The van der Waals surface area contributed by atoms with Crippen LogP contribution in [0.5, 0.6) is 0 Å². The van der Waals surface area contributed by atoms with E-state index >= 15 is 0 Å². The largest absolute Gasteiger partial charge is 0.349 e. The molecule has 32 heavy (non-hydrogen) atoms. The summed E-state index contributed by atoms with van der Waals surface area (Å²) >= 11 is 9.35. The maximum Gasteiger partial charge on any atom is 0.251 e. The van der Waals surface area contributed by atoms with Crippen molar-refractivity contribution < 1.29 is 9.18 Å². The summed E-state index contributed by atoms with van der Waals surface area (Å²) in [6.45, 7) is 1.64. The van der Waals surface area contributed by atoms with Gasteiger partial charge in [-0.2, -0.15) is 0 Å². The monoisotopic (exact) mass is 484 g/mol. The molecule has 0 atom stereocenters. The van der Waals surface area contributed by atoms with Crippen molar-refractivity contribution in [2.45, 2.75) is 54.1 Å². The third-order valence-electron chi connectivity index (χ3n) is 5.99. The number of halogens is 2. The van der Waals surface area contributed by atoms with E-state index in [0.29, 0.717) is 35.6 Å². The first-order chi connectivity index (χ1) is 15.4. The average molecular weight is 485 g/mol. The zero-order chi connectivity index (χ0) is 22.3. The van der Waals surface area contributed by atoms with Gasteiger partial charge in [0.05, 0.1) is 20.6 Å². The Morgan fingerprint density at radius 3 is 2.66 bits per heavy atom. The van der Waals surface area contributed by atoms with E-state index in [1.165, 1.54) is 11.3 Å². The molecular weight excluding hydrogens is 463 g/mol. The van der Waals surface area contributed by atoms with Gasteiger partial charge in [0.2, 0.25) is 0 Å². The number of hydrogen-bond donors (Lipinski definition) is 1. The molecule has 2 aromatic carbocycles. The first kappa shape index (κ1) is 21.7. The van der Waals surface area contributed by atoms with Gasteiger partial charge in [0.25, 0.3) is 5.91 Å². The Kier molecular flexibility index (Phi) is 5.86. The van der Waals surface area contributed by atoms with E-state index in [1.54, 1.807) is 18.7 Å². The molecule has 0 unspecified atom stereocenters. The predicted molar refractivity (Wildman–Crippen MR) is 131 cm³/mol. The van der Waals surface area contributed by atoms with Crippen molar-refractivity contribution in [1.29, 1.82) is 0 Å². The molecule has 2 heterocycles. The first-order valence-corrected chi connectivity index (χ1v) is 12.6. The second-order valence-corrected chi connectivity index (χ2v) is 11.3. The predicted octanol–water partition coefficient (Wildman–Crippen LogP) is 7.44. The van der Waals surface area contributed by atoms with Crippen LogP contribution in [0.15, 0.2) is 69.4 Å². The lowest BCUT2D eigenvalue weighted by molar-refractivity contribution is 0.0850. The molecule has 0 radical (unpaired) electrons. The van der Waals surface area contributed by atoms with Crippen LogP contribution in [0.2, 0.25) is 4.34 Å². The van der Waals surface area contributed by atoms with Crippen LogP contribution in [0.25, 0.3) is 0 Å². The quantitative estimate of drug-likeness (QED) is 0.328. The van der Waals surface area contributed by atoms with Crippen LogP contribution < -0.4 is 5.32 Å². The fraction of sp³-hybridized carbons (Fsp3) is 0.280. The van der Waals surface area contributed by atoms with Crippen molar-refractivity contribution in [1.82, 2.24) is 5.32 Å². The van der Waals surface area contributed by atoms with Crippen molar-refractivity contribution >= 4 is 52.0 Å². The topological polar surface area (TPSA) is 41.5 Å². The Bertz CT molecular complexity index is 1210. The molecule has 164 valence electrons. The molecule has 1 fully saturated rings. The highest BCUT2D eigenvalue weighted by molar-refractivity contribution is 7.99. The average Bonchev–Trinajstić information content (AvgIpc) is 3.13. The standard InChI is InChI=1S/C25H22ClFN2OS2/c1-25(27)12-10-16(11-13-25)28-24(30)15-6-7-20-18(14-15)29-23(21-8-9-22(26)32-21)17-4-2-3-5-19(17)31-20/h2-9,14,16H,10-13H2,1H3,(H,28,30). The molecule has 0 bridgehead atoms. The van der Waals surface area contributed by atoms with Crippen molar-refractivity contribution in [3.63, 3.8) is 0 Å². The third kappa shape index (κ3) is 4.49. The Hall–Kier alpha value is -2.15. The van der Waals surface area contributed by atoms with Gasteiger partial charge < -0.3 is 5.32 Å². The lowest BCUT2D eigenvalue weighted by Crippen LogP contribution is -2.40. The van der Waals surface area contributed by atoms with Crippen LogP contribution in [0.3, 0.4) is 0 Å². The van der Waals surface area contributed by atoms with E-state index in [-0.39, 0.29) is 11.9 Å². The summed E-state index contributed by atoms with van der Waals surface area (Å²) in [5.41, 5.74) is 2.12. The van der Waals surface area contributed by atoms with Gasteiger partial charge in [-0.3, -0.25) is 4.79 Å². The minimum absolute atomic E-state index is 0.0103. The van der Waals surface area contributed by atoms with Crippen LogP contribution in [-0.4, -0.2) is 23.3 Å². The molecule has 1 aliphatic carbocycles. The van der Waals surface area contributed by atoms with E-state index in [9.17, 15) is 9.18 Å². The van der Waals surface area contributed by atoms with Crippen LogP contribution >= 0.6 is 34.7 Å². The maximum atomic E-state index is 14.1. The molecule has 1 saturated carbocycles. The summed E-state index contributed by atoms with van der Waals surface area (Å²) in [4.78, 5) is 21.0. The molecule has 2 aliphatic rings. The molecule has 7 heteroatoms. The number of hydrogen-bond acceptors (Lipinski definition) is 4. The normalized spacial score (nSPS) is 22.3.